The number of imide groups is 1. The zero-order valence-corrected chi connectivity index (χ0v) is 18.3. The first-order valence-electron chi connectivity index (χ1n) is 10.1. The molecular weight excluding hydrogens is 410 g/mol. The summed E-state index contributed by atoms with van der Waals surface area (Å²) >= 11 is 1.46. The number of hydrogen-bond acceptors (Lipinski definition) is 6. The van der Waals surface area contributed by atoms with Crippen LogP contribution in [0, 0.1) is 0 Å². The number of hydrogen-bond donors (Lipinski definition) is 0. The standard InChI is InChI=1S/C24H23N3O3S/c1-3-26(15-12-17-10-13-25-14-11-17)22-21(20-5-4-16-31-20)23(28)27(24(22)29)18-6-8-19(30-2)9-7-18/h4-11,13-14,16H,3,12,15H2,1-2H3. The van der Waals surface area contributed by atoms with Crippen molar-refractivity contribution in [1.82, 2.24) is 9.88 Å². The van der Waals surface area contributed by atoms with Crippen molar-refractivity contribution < 1.29 is 14.3 Å². The Morgan fingerprint density at radius 1 is 1.03 bits per heavy atom. The highest BCUT2D eigenvalue weighted by Gasteiger charge is 2.42. The van der Waals surface area contributed by atoms with Crippen LogP contribution >= 0.6 is 11.3 Å². The maximum absolute atomic E-state index is 13.6. The molecule has 0 bridgehead atoms. The van der Waals surface area contributed by atoms with Gasteiger partial charge in [0.2, 0.25) is 0 Å². The molecule has 7 heteroatoms. The molecular formula is C24H23N3O3S. The van der Waals surface area contributed by atoms with E-state index in [1.165, 1.54) is 16.2 Å². The van der Waals surface area contributed by atoms with Crippen molar-refractivity contribution in [2.24, 2.45) is 0 Å². The summed E-state index contributed by atoms with van der Waals surface area (Å²) in [6.07, 6.45) is 4.27. The minimum absolute atomic E-state index is 0.296. The highest BCUT2D eigenvalue weighted by molar-refractivity contribution is 7.11. The van der Waals surface area contributed by atoms with E-state index in [0.717, 1.165) is 16.9 Å². The Labute approximate surface area is 185 Å². The van der Waals surface area contributed by atoms with Gasteiger partial charge in [0.05, 0.1) is 18.4 Å². The lowest BCUT2D eigenvalue weighted by Crippen LogP contribution is -2.36. The van der Waals surface area contributed by atoms with Gasteiger partial charge in [0.15, 0.2) is 0 Å². The number of benzene rings is 1. The molecule has 0 saturated heterocycles. The molecule has 0 fully saturated rings. The van der Waals surface area contributed by atoms with E-state index in [-0.39, 0.29) is 11.8 Å². The van der Waals surface area contributed by atoms with Gasteiger partial charge in [-0.1, -0.05) is 6.07 Å². The predicted molar refractivity (Wildman–Crippen MR) is 122 cm³/mol. The van der Waals surface area contributed by atoms with Crippen LogP contribution in [0.3, 0.4) is 0 Å². The molecule has 0 saturated carbocycles. The average molecular weight is 434 g/mol. The number of methoxy groups -OCH3 is 1. The van der Waals surface area contributed by atoms with Crippen molar-refractivity contribution in [3.63, 3.8) is 0 Å². The maximum atomic E-state index is 13.6. The van der Waals surface area contributed by atoms with E-state index in [2.05, 4.69) is 4.98 Å². The normalized spacial score (nSPS) is 13.8. The zero-order valence-electron chi connectivity index (χ0n) is 17.4. The largest absolute Gasteiger partial charge is 0.497 e. The number of carbonyl (C=O) groups is 2. The molecule has 2 aromatic heterocycles. The van der Waals surface area contributed by atoms with Crippen LogP contribution < -0.4 is 9.64 Å². The molecule has 6 nitrogen and oxygen atoms in total. The second-order valence-corrected chi connectivity index (χ2v) is 7.98. The van der Waals surface area contributed by atoms with Gasteiger partial charge >= 0.3 is 0 Å². The quantitative estimate of drug-likeness (QED) is 0.503. The summed E-state index contributed by atoms with van der Waals surface area (Å²) in [5.41, 5.74) is 2.59. The Kier molecular flexibility index (Phi) is 6.13. The van der Waals surface area contributed by atoms with E-state index in [0.29, 0.717) is 35.8 Å². The number of rotatable bonds is 8. The smallest absolute Gasteiger partial charge is 0.282 e. The van der Waals surface area contributed by atoms with Gasteiger partial charge in [-0.3, -0.25) is 14.6 Å². The van der Waals surface area contributed by atoms with Crippen molar-refractivity contribution in [2.75, 3.05) is 25.1 Å². The number of anilines is 1. The van der Waals surface area contributed by atoms with Crippen molar-refractivity contribution in [2.45, 2.75) is 13.3 Å². The fourth-order valence-electron chi connectivity index (χ4n) is 3.66. The lowest BCUT2D eigenvalue weighted by Gasteiger charge is -2.24. The Hall–Kier alpha value is -3.45. The fraction of sp³-hybridized carbons (Fsp3) is 0.208. The molecule has 3 heterocycles. The Balaban J connectivity index is 1.70. The van der Waals surface area contributed by atoms with E-state index in [1.54, 1.807) is 43.8 Å². The second-order valence-electron chi connectivity index (χ2n) is 7.03. The summed E-state index contributed by atoms with van der Waals surface area (Å²) in [7, 11) is 1.58. The third-order valence-electron chi connectivity index (χ3n) is 5.28. The van der Waals surface area contributed by atoms with Crippen molar-refractivity contribution in [3.05, 3.63) is 82.4 Å². The molecule has 4 rings (SSSR count). The third kappa shape index (κ3) is 4.09. The first-order chi connectivity index (χ1) is 15.1. The van der Waals surface area contributed by atoms with Crippen LogP contribution in [-0.2, 0) is 16.0 Å². The van der Waals surface area contributed by atoms with Crippen LogP contribution in [0.4, 0.5) is 5.69 Å². The van der Waals surface area contributed by atoms with Crippen LogP contribution in [0.2, 0.25) is 0 Å². The lowest BCUT2D eigenvalue weighted by atomic mass is 10.1. The number of pyridine rings is 1. The molecule has 3 aromatic rings. The van der Waals surface area contributed by atoms with Gasteiger partial charge < -0.3 is 9.64 Å². The van der Waals surface area contributed by atoms with Gasteiger partial charge in [-0.15, -0.1) is 11.3 Å². The van der Waals surface area contributed by atoms with Crippen LogP contribution in [0.1, 0.15) is 17.4 Å². The minimum Gasteiger partial charge on any atom is -0.497 e. The van der Waals surface area contributed by atoms with E-state index >= 15 is 0 Å². The second kappa shape index (κ2) is 9.14. The summed E-state index contributed by atoms with van der Waals surface area (Å²) in [5.74, 6) is 0.0761. The SMILES string of the molecule is CCN(CCc1ccncc1)C1=C(c2cccs2)C(=O)N(c2ccc(OC)cc2)C1=O. The summed E-state index contributed by atoms with van der Waals surface area (Å²) in [5, 5.41) is 1.92. The molecule has 2 amide bonds. The number of thiophene rings is 1. The van der Waals surface area contributed by atoms with Gasteiger partial charge in [0, 0.05) is 30.4 Å². The summed E-state index contributed by atoms with van der Waals surface area (Å²) < 4.78 is 5.21. The van der Waals surface area contributed by atoms with E-state index in [9.17, 15) is 9.59 Å². The van der Waals surface area contributed by atoms with Crippen LogP contribution in [0.15, 0.2) is 72.0 Å². The molecule has 0 unspecified atom stereocenters. The van der Waals surface area contributed by atoms with Crippen molar-refractivity contribution >= 4 is 34.4 Å². The highest BCUT2D eigenvalue weighted by Crippen LogP contribution is 2.36. The molecule has 31 heavy (non-hydrogen) atoms. The number of amides is 2. The first kappa shape index (κ1) is 20.8. The summed E-state index contributed by atoms with van der Waals surface area (Å²) in [4.78, 5) is 35.1. The zero-order chi connectivity index (χ0) is 21.8. The van der Waals surface area contributed by atoms with E-state index in [4.69, 9.17) is 4.74 Å². The lowest BCUT2D eigenvalue weighted by molar-refractivity contribution is -0.120. The van der Waals surface area contributed by atoms with E-state index < -0.39 is 0 Å². The molecule has 0 N–H and O–H groups in total. The molecule has 0 spiro atoms. The predicted octanol–water partition coefficient (Wildman–Crippen LogP) is 4.00. The molecule has 0 radical (unpaired) electrons. The number of carbonyl (C=O) groups excluding carboxylic acids is 2. The van der Waals surface area contributed by atoms with Gasteiger partial charge in [-0.2, -0.15) is 0 Å². The van der Waals surface area contributed by atoms with Crippen LogP contribution in [0.25, 0.3) is 5.57 Å². The van der Waals surface area contributed by atoms with Crippen molar-refractivity contribution in [3.8, 4) is 5.75 Å². The van der Waals surface area contributed by atoms with Gasteiger partial charge in [0.25, 0.3) is 11.8 Å². The minimum atomic E-state index is -0.296. The van der Waals surface area contributed by atoms with Gasteiger partial charge in [-0.25, -0.2) is 4.90 Å². The summed E-state index contributed by atoms with van der Waals surface area (Å²) in [6, 6.07) is 14.7. The molecule has 0 atom stereocenters. The fourth-order valence-corrected chi connectivity index (χ4v) is 4.42. The van der Waals surface area contributed by atoms with Crippen molar-refractivity contribution in [1.29, 1.82) is 0 Å². The third-order valence-corrected chi connectivity index (χ3v) is 6.16. The number of ether oxygens (including phenoxy) is 1. The Morgan fingerprint density at radius 3 is 2.39 bits per heavy atom. The number of aromatic nitrogens is 1. The highest BCUT2D eigenvalue weighted by atomic mass is 32.1. The van der Waals surface area contributed by atoms with Crippen LogP contribution in [0.5, 0.6) is 5.75 Å². The average Bonchev–Trinajstić information content (AvgIpc) is 3.42. The maximum Gasteiger partial charge on any atom is 0.282 e. The molecule has 1 aromatic carbocycles. The van der Waals surface area contributed by atoms with E-state index in [1.807, 2.05) is 41.5 Å². The monoisotopic (exact) mass is 433 g/mol. The first-order valence-corrected chi connectivity index (χ1v) is 11.0. The molecule has 158 valence electrons. The molecule has 1 aliphatic heterocycles. The van der Waals surface area contributed by atoms with Gasteiger partial charge in [0.1, 0.15) is 11.4 Å². The Bertz CT molecular complexity index is 1090. The Morgan fingerprint density at radius 2 is 1.77 bits per heavy atom. The molecule has 1 aliphatic rings. The number of nitrogens with zero attached hydrogens (tertiary/aromatic N) is 3. The summed E-state index contributed by atoms with van der Waals surface area (Å²) in [6.45, 7) is 3.24. The van der Waals surface area contributed by atoms with Gasteiger partial charge in [-0.05, 0) is 66.8 Å². The topological polar surface area (TPSA) is 62.7 Å². The number of likely N-dealkylation sites (N-methyl/N-ethyl adjacent to an activating group) is 1. The van der Waals surface area contributed by atoms with Crippen LogP contribution in [-0.4, -0.2) is 41.9 Å². The molecule has 0 aliphatic carbocycles.